The molecule has 0 aliphatic heterocycles. The molecule has 0 fully saturated rings. The Morgan fingerprint density at radius 2 is 2.10 bits per heavy atom. The third-order valence-electron chi connectivity index (χ3n) is 3.25. The molecule has 0 aromatic heterocycles. The maximum Gasteiger partial charge on any atom is 0.234 e. The number of carbonyl (C=O) groups is 1. The van der Waals surface area contributed by atoms with E-state index in [0.29, 0.717) is 11.3 Å². The number of primary amides is 1. The summed E-state index contributed by atoms with van der Waals surface area (Å²) in [6.45, 7) is 6.00. The van der Waals surface area contributed by atoms with Gasteiger partial charge in [0.05, 0.1) is 19.3 Å². The van der Waals surface area contributed by atoms with Gasteiger partial charge in [0.2, 0.25) is 5.91 Å². The number of aryl methyl sites for hydroxylation is 1. The van der Waals surface area contributed by atoms with Crippen LogP contribution in [0.2, 0.25) is 0 Å². The number of methoxy groups -OCH3 is 1. The summed E-state index contributed by atoms with van der Waals surface area (Å²) >= 11 is 0. The first-order chi connectivity index (χ1) is 9.36. The molecule has 5 nitrogen and oxygen atoms in total. The summed E-state index contributed by atoms with van der Waals surface area (Å²) in [5, 5.41) is 13.3. The molecule has 1 amide bonds. The lowest BCUT2D eigenvalue weighted by atomic mass is 10.0. The number of ether oxygens (including phenoxy) is 1. The molecule has 1 aromatic carbocycles. The number of rotatable bonds is 7. The predicted molar refractivity (Wildman–Crippen MR) is 78.5 cm³/mol. The molecule has 1 aromatic rings. The molecule has 20 heavy (non-hydrogen) atoms. The Morgan fingerprint density at radius 1 is 1.45 bits per heavy atom. The van der Waals surface area contributed by atoms with Crippen molar-refractivity contribution in [2.24, 2.45) is 11.7 Å². The van der Waals surface area contributed by atoms with Crippen molar-refractivity contribution < 1.29 is 14.6 Å². The molecule has 0 saturated carbocycles. The Labute approximate surface area is 120 Å². The molecule has 2 unspecified atom stereocenters. The zero-order chi connectivity index (χ0) is 15.3. The van der Waals surface area contributed by atoms with Gasteiger partial charge in [0.1, 0.15) is 5.75 Å². The van der Waals surface area contributed by atoms with Crippen molar-refractivity contribution in [1.29, 1.82) is 0 Å². The van der Waals surface area contributed by atoms with Crippen molar-refractivity contribution in [2.75, 3.05) is 13.7 Å². The zero-order valence-electron chi connectivity index (χ0n) is 12.5. The van der Waals surface area contributed by atoms with E-state index in [0.717, 1.165) is 5.56 Å². The van der Waals surface area contributed by atoms with Crippen LogP contribution in [-0.4, -0.2) is 30.7 Å². The fourth-order valence-electron chi connectivity index (χ4n) is 2.13. The van der Waals surface area contributed by atoms with E-state index >= 15 is 0 Å². The molecule has 0 bridgehead atoms. The summed E-state index contributed by atoms with van der Waals surface area (Å²) in [5.41, 5.74) is 7.07. The Kier molecular flexibility index (Phi) is 5.98. The lowest BCUT2D eigenvalue weighted by molar-refractivity contribution is -0.121. The monoisotopic (exact) mass is 280 g/mol. The molecule has 0 saturated heterocycles. The van der Waals surface area contributed by atoms with E-state index in [1.165, 1.54) is 0 Å². The van der Waals surface area contributed by atoms with Crippen LogP contribution in [0, 0.1) is 12.8 Å². The van der Waals surface area contributed by atoms with E-state index in [4.69, 9.17) is 10.5 Å². The van der Waals surface area contributed by atoms with Crippen LogP contribution in [0.1, 0.15) is 31.1 Å². The topological polar surface area (TPSA) is 84.6 Å². The average molecular weight is 280 g/mol. The maximum absolute atomic E-state index is 11.3. The van der Waals surface area contributed by atoms with Crippen LogP contribution in [-0.2, 0) is 4.79 Å². The maximum atomic E-state index is 11.3. The van der Waals surface area contributed by atoms with Gasteiger partial charge < -0.3 is 20.9 Å². The summed E-state index contributed by atoms with van der Waals surface area (Å²) in [6.07, 6.45) is -0.759. The lowest BCUT2D eigenvalue weighted by Crippen LogP contribution is -2.46. The van der Waals surface area contributed by atoms with E-state index in [1.54, 1.807) is 7.11 Å². The highest BCUT2D eigenvalue weighted by molar-refractivity contribution is 5.80. The van der Waals surface area contributed by atoms with Crippen molar-refractivity contribution in [2.45, 2.75) is 32.9 Å². The minimum atomic E-state index is -0.759. The Morgan fingerprint density at radius 3 is 2.60 bits per heavy atom. The van der Waals surface area contributed by atoms with Crippen molar-refractivity contribution in [3.05, 3.63) is 29.3 Å². The fourth-order valence-corrected chi connectivity index (χ4v) is 2.13. The normalized spacial score (nSPS) is 14.1. The van der Waals surface area contributed by atoms with Gasteiger partial charge in [0, 0.05) is 12.1 Å². The molecular weight excluding hydrogens is 256 g/mol. The predicted octanol–water partition coefficient (Wildman–Crippen LogP) is 1.14. The van der Waals surface area contributed by atoms with Gasteiger partial charge in [-0.05, 0) is 25.0 Å². The molecule has 0 radical (unpaired) electrons. The van der Waals surface area contributed by atoms with Gasteiger partial charge in [-0.3, -0.25) is 4.79 Å². The van der Waals surface area contributed by atoms with E-state index in [-0.39, 0.29) is 12.5 Å². The highest BCUT2D eigenvalue weighted by atomic mass is 16.5. The standard InChI is InChI=1S/C15H24N2O3/c1-9(2)14(15(16)19)17-8-12(18)11-7-10(3)5-6-13(11)20-4/h5-7,9,12,14,17-18H,8H2,1-4H3,(H2,16,19). The minimum absolute atomic E-state index is 0.0686. The lowest BCUT2D eigenvalue weighted by Gasteiger charge is -2.22. The number of nitrogens with one attached hydrogen (secondary N) is 1. The number of aliphatic hydroxyl groups excluding tert-OH is 1. The molecule has 0 aliphatic carbocycles. The largest absolute Gasteiger partial charge is 0.496 e. The third-order valence-corrected chi connectivity index (χ3v) is 3.25. The summed E-state index contributed by atoms with van der Waals surface area (Å²) in [6, 6.07) is 5.16. The summed E-state index contributed by atoms with van der Waals surface area (Å²) in [5.74, 6) is 0.285. The second kappa shape index (κ2) is 7.26. The molecule has 0 heterocycles. The molecule has 1 rings (SSSR count). The second-order valence-electron chi connectivity index (χ2n) is 5.29. The first-order valence-corrected chi connectivity index (χ1v) is 6.72. The average Bonchev–Trinajstić information content (AvgIpc) is 2.37. The first-order valence-electron chi connectivity index (χ1n) is 6.72. The number of benzene rings is 1. The van der Waals surface area contributed by atoms with Crippen LogP contribution in [0.4, 0.5) is 0 Å². The van der Waals surface area contributed by atoms with Crippen molar-refractivity contribution in [1.82, 2.24) is 5.32 Å². The second-order valence-corrected chi connectivity index (χ2v) is 5.29. The third kappa shape index (κ3) is 4.21. The number of hydrogen-bond acceptors (Lipinski definition) is 4. The number of nitrogens with two attached hydrogens (primary N) is 1. The number of hydrogen-bond donors (Lipinski definition) is 3. The number of amides is 1. The first kappa shape index (κ1) is 16.5. The molecule has 0 aliphatic rings. The van der Waals surface area contributed by atoms with Crippen LogP contribution < -0.4 is 15.8 Å². The summed E-state index contributed by atoms with van der Waals surface area (Å²) < 4.78 is 5.24. The van der Waals surface area contributed by atoms with Crippen molar-refractivity contribution >= 4 is 5.91 Å². The van der Waals surface area contributed by atoms with Crippen molar-refractivity contribution in [3.8, 4) is 5.75 Å². The van der Waals surface area contributed by atoms with Crippen LogP contribution in [0.25, 0.3) is 0 Å². The van der Waals surface area contributed by atoms with Gasteiger partial charge in [-0.1, -0.05) is 25.5 Å². The SMILES string of the molecule is COc1ccc(C)cc1C(O)CNC(C(N)=O)C(C)C. The summed E-state index contributed by atoms with van der Waals surface area (Å²) in [7, 11) is 1.56. The molecule has 4 N–H and O–H groups in total. The molecule has 5 heteroatoms. The van der Waals surface area contributed by atoms with Crippen molar-refractivity contribution in [3.63, 3.8) is 0 Å². The van der Waals surface area contributed by atoms with Gasteiger partial charge in [-0.2, -0.15) is 0 Å². The van der Waals surface area contributed by atoms with E-state index in [1.807, 2.05) is 39.0 Å². The van der Waals surface area contributed by atoms with E-state index in [9.17, 15) is 9.90 Å². The molecular formula is C15H24N2O3. The van der Waals surface area contributed by atoms with Crippen LogP contribution >= 0.6 is 0 Å². The molecule has 2 atom stereocenters. The van der Waals surface area contributed by atoms with Crippen LogP contribution in [0.15, 0.2) is 18.2 Å². The Balaban J connectivity index is 2.78. The number of aliphatic hydroxyl groups is 1. The molecule has 112 valence electrons. The van der Waals surface area contributed by atoms with Crippen LogP contribution in [0.5, 0.6) is 5.75 Å². The smallest absolute Gasteiger partial charge is 0.234 e. The van der Waals surface area contributed by atoms with Gasteiger partial charge in [0.25, 0.3) is 0 Å². The van der Waals surface area contributed by atoms with Gasteiger partial charge in [-0.25, -0.2) is 0 Å². The van der Waals surface area contributed by atoms with E-state index < -0.39 is 18.1 Å². The minimum Gasteiger partial charge on any atom is -0.496 e. The van der Waals surface area contributed by atoms with Gasteiger partial charge in [-0.15, -0.1) is 0 Å². The van der Waals surface area contributed by atoms with E-state index in [2.05, 4.69) is 5.32 Å². The van der Waals surface area contributed by atoms with Gasteiger partial charge in [0.15, 0.2) is 0 Å². The fraction of sp³-hybridized carbons (Fsp3) is 0.533. The molecule has 0 spiro atoms. The highest BCUT2D eigenvalue weighted by Gasteiger charge is 2.21. The highest BCUT2D eigenvalue weighted by Crippen LogP contribution is 2.26. The zero-order valence-corrected chi connectivity index (χ0v) is 12.5. The Bertz CT molecular complexity index is 460. The summed E-state index contributed by atoms with van der Waals surface area (Å²) in [4.78, 5) is 11.3. The Hall–Kier alpha value is -1.59. The number of carbonyl (C=O) groups excluding carboxylic acids is 1. The van der Waals surface area contributed by atoms with Crippen LogP contribution in [0.3, 0.4) is 0 Å². The van der Waals surface area contributed by atoms with Gasteiger partial charge >= 0.3 is 0 Å². The quantitative estimate of drug-likeness (QED) is 0.699.